The SMILES string of the molecule is CCN(CC)C(=O)c1ccc(NC(=O)c2ccc(Oc3ccc(Cl)cc3[N+](=O)[O-])cc2)cc1. The van der Waals surface area contributed by atoms with E-state index in [0.717, 1.165) is 0 Å². The van der Waals surface area contributed by atoms with Gasteiger partial charge in [-0.2, -0.15) is 0 Å². The molecule has 0 spiro atoms. The number of nitro groups is 1. The number of hydrogen-bond acceptors (Lipinski definition) is 5. The molecular weight excluding hydrogens is 446 g/mol. The first-order chi connectivity index (χ1) is 15.8. The molecule has 0 aliphatic carbocycles. The zero-order valence-electron chi connectivity index (χ0n) is 18.1. The lowest BCUT2D eigenvalue weighted by molar-refractivity contribution is -0.385. The van der Waals surface area contributed by atoms with Crippen molar-refractivity contribution in [1.29, 1.82) is 0 Å². The molecule has 170 valence electrons. The number of anilines is 1. The van der Waals surface area contributed by atoms with Gasteiger partial charge in [0.15, 0.2) is 0 Å². The van der Waals surface area contributed by atoms with Gasteiger partial charge in [0, 0.05) is 41.0 Å². The third-order valence-corrected chi connectivity index (χ3v) is 5.14. The summed E-state index contributed by atoms with van der Waals surface area (Å²) >= 11 is 5.81. The van der Waals surface area contributed by atoms with Gasteiger partial charge >= 0.3 is 5.69 Å². The maximum absolute atomic E-state index is 12.6. The molecule has 1 N–H and O–H groups in total. The maximum Gasteiger partial charge on any atom is 0.313 e. The normalized spacial score (nSPS) is 10.4. The van der Waals surface area contributed by atoms with Gasteiger partial charge < -0.3 is 15.0 Å². The van der Waals surface area contributed by atoms with Crippen LogP contribution in [0.5, 0.6) is 11.5 Å². The first-order valence-electron chi connectivity index (χ1n) is 10.2. The van der Waals surface area contributed by atoms with Crippen molar-refractivity contribution in [2.45, 2.75) is 13.8 Å². The predicted molar refractivity (Wildman–Crippen MR) is 126 cm³/mol. The summed E-state index contributed by atoms with van der Waals surface area (Å²) < 4.78 is 5.58. The number of halogens is 1. The van der Waals surface area contributed by atoms with Crippen molar-refractivity contribution in [3.05, 3.63) is 93.0 Å². The van der Waals surface area contributed by atoms with Crippen LogP contribution < -0.4 is 10.1 Å². The Labute approximate surface area is 195 Å². The second-order valence-corrected chi connectivity index (χ2v) is 7.44. The van der Waals surface area contributed by atoms with Crippen molar-refractivity contribution >= 4 is 34.8 Å². The van der Waals surface area contributed by atoms with Crippen LogP contribution in [0.3, 0.4) is 0 Å². The highest BCUT2D eigenvalue weighted by molar-refractivity contribution is 6.30. The summed E-state index contributed by atoms with van der Waals surface area (Å²) in [7, 11) is 0. The van der Waals surface area contributed by atoms with Crippen LogP contribution in [-0.2, 0) is 0 Å². The minimum atomic E-state index is -0.579. The molecule has 0 heterocycles. The average Bonchev–Trinajstić information content (AvgIpc) is 2.81. The number of amides is 2. The molecule has 0 atom stereocenters. The summed E-state index contributed by atoms with van der Waals surface area (Å²) in [5.74, 6) is -0.0339. The Bertz CT molecular complexity index is 1160. The summed E-state index contributed by atoms with van der Waals surface area (Å²) in [6, 6.07) is 17.0. The molecule has 0 radical (unpaired) electrons. The Morgan fingerprint density at radius 2 is 1.58 bits per heavy atom. The lowest BCUT2D eigenvalue weighted by atomic mass is 10.1. The lowest BCUT2D eigenvalue weighted by Gasteiger charge is -2.18. The highest BCUT2D eigenvalue weighted by Gasteiger charge is 2.17. The molecular formula is C24H22ClN3O5. The number of carbonyl (C=O) groups excluding carboxylic acids is 2. The van der Waals surface area contributed by atoms with E-state index in [1.807, 2.05) is 13.8 Å². The first-order valence-corrected chi connectivity index (χ1v) is 10.6. The molecule has 9 heteroatoms. The van der Waals surface area contributed by atoms with Gasteiger partial charge in [-0.1, -0.05) is 11.6 Å². The van der Waals surface area contributed by atoms with Crippen LogP contribution in [0, 0.1) is 10.1 Å². The summed E-state index contributed by atoms with van der Waals surface area (Å²) in [5.41, 5.74) is 1.21. The summed E-state index contributed by atoms with van der Waals surface area (Å²) in [6.07, 6.45) is 0. The van der Waals surface area contributed by atoms with E-state index in [2.05, 4.69) is 5.32 Å². The number of nitrogens with one attached hydrogen (secondary N) is 1. The number of carbonyl (C=O) groups is 2. The fourth-order valence-electron chi connectivity index (χ4n) is 3.11. The third kappa shape index (κ3) is 5.87. The van der Waals surface area contributed by atoms with Gasteiger partial charge in [0.05, 0.1) is 4.92 Å². The van der Waals surface area contributed by atoms with Crippen molar-refractivity contribution < 1.29 is 19.2 Å². The topological polar surface area (TPSA) is 102 Å². The highest BCUT2D eigenvalue weighted by atomic mass is 35.5. The fourth-order valence-corrected chi connectivity index (χ4v) is 3.28. The number of hydrogen-bond donors (Lipinski definition) is 1. The van der Waals surface area contributed by atoms with E-state index in [1.54, 1.807) is 53.4 Å². The van der Waals surface area contributed by atoms with E-state index in [1.165, 1.54) is 18.2 Å². The van der Waals surface area contributed by atoms with Crippen molar-refractivity contribution in [2.24, 2.45) is 0 Å². The van der Waals surface area contributed by atoms with Crippen molar-refractivity contribution in [1.82, 2.24) is 4.90 Å². The number of nitro benzene ring substituents is 1. The molecule has 0 aliphatic heterocycles. The van der Waals surface area contributed by atoms with Gasteiger partial charge in [0.25, 0.3) is 11.8 Å². The minimum absolute atomic E-state index is 0.0425. The molecule has 3 aromatic rings. The van der Waals surface area contributed by atoms with E-state index in [-0.39, 0.29) is 28.3 Å². The van der Waals surface area contributed by atoms with Crippen LogP contribution in [0.15, 0.2) is 66.7 Å². The Morgan fingerprint density at radius 3 is 2.15 bits per heavy atom. The standard InChI is InChI=1S/C24H22ClN3O5/c1-3-27(4-2)24(30)17-5-10-19(11-6-17)26-23(29)16-7-12-20(13-8-16)33-22-14-9-18(25)15-21(22)28(31)32/h5-15H,3-4H2,1-2H3,(H,26,29). The third-order valence-electron chi connectivity index (χ3n) is 4.90. The lowest BCUT2D eigenvalue weighted by Crippen LogP contribution is -2.30. The molecule has 3 aromatic carbocycles. The zero-order valence-corrected chi connectivity index (χ0v) is 18.8. The van der Waals surface area contributed by atoms with Crippen LogP contribution in [0.1, 0.15) is 34.6 Å². The second-order valence-electron chi connectivity index (χ2n) is 7.00. The monoisotopic (exact) mass is 467 g/mol. The van der Waals surface area contributed by atoms with Gasteiger partial charge in [-0.25, -0.2) is 0 Å². The summed E-state index contributed by atoms with van der Waals surface area (Å²) in [5, 5.41) is 14.2. The van der Waals surface area contributed by atoms with E-state index in [4.69, 9.17) is 16.3 Å². The molecule has 2 amide bonds. The summed E-state index contributed by atoms with van der Waals surface area (Å²) in [4.78, 5) is 37.3. The predicted octanol–water partition coefficient (Wildman–Crippen LogP) is 5.77. The van der Waals surface area contributed by atoms with Crippen LogP contribution in [0.2, 0.25) is 5.02 Å². The van der Waals surface area contributed by atoms with Crippen LogP contribution in [0.4, 0.5) is 11.4 Å². The van der Waals surface area contributed by atoms with Crippen LogP contribution in [0.25, 0.3) is 0 Å². The van der Waals surface area contributed by atoms with Gasteiger partial charge in [0.2, 0.25) is 5.75 Å². The maximum atomic E-state index is 12.6. The molecule has 0 unspecified atom stereocenters. The molecule has 33 heavy (non-hydrogen) atoms. The van der Waals surface area contributed by atoms with Gasteiger partial charge in [-0.15, -0.1) is 0 Å². The average molecular weight is 468 g/mol. The first kappa shape index (κ1) is 23.7. The Hall–Kier alpha value is -3.91. The molecule has 8 nitrogen and oxygen atoms in total. The Morgan fingerprint density at radius 1 is 0.970 bits per heavy atom. The fraction of sp³-hybridized carbons (Fsp3) is 0.167. The second kappa shape index (κ2) is 10.6. The molecule has 0 bridgehead atoms. The number of ether oxygens (including phenoxy) is 1. The largest absolute Gasteiger partial charge is 0.450 e. The van der Waals surface area contributed by atoms with Crippen molar-refractivity contribution in [3.8, 4) is 11.5 Å². The highest BCUT2D eigenvalue weighted by Crippen LogP contribution is 2.33. The minimum Gasteiger partial charge on any atom is -0.450 e. The molecule has 0 fully saturated rings. The molecule has 0 aromatic heterocycles. The Balaban J connectivity index is 1.66. The quantitative estimate of drug-likeness (QED) is 0.334. The zero-order chi connectivity index (χ0) is 24.0. The number of benzene rings is 3. The van der Waals surface area contributed by atoms with E-state index < -0.39 is 4.92 Å². The number of rotatable bonds is 8. The van der Waals surface area contributed by atoms with E-state index in [0.29, 0.717) is 35.7 Å². The van der Waals surface area contributed by atoms with Gasteiger partial charge in [-0.05, 0) is 74.5 Å². The van der Waals surface area contributed by atoms with Crippen molar-refractivity contribution in [2.75, 3.05) is 18.4 Å². The molecule has 3 rings (SSSR count). The van der Waals surface area contributed by atoms with E-state index >= 15 is 0 Å². The molecule has 0 saturated carbocycles. The molecule has 0 aliphatic rings. The van der Waals surface area contributed by atoms with Crippen molar-refractivity contribution in [3.63, 3.8) is 0 Å². The Kier molecular flexibility index (Phi) is 7.63. The van der Waals surface area contributed by atoms with Gasteiger partial charge in [-0.3, -0.25) is 19.7 Å². The molecule has 0 saturated heterocycles. The van der Waals surface area contributed by atoms with Gasteiger partial charge in [0.1, 0.15) is 5.75 Å². The van der Waals surface area contributed by atoms with Crippen LogP contribution in [-0.4, -0.2) is 34.7 Å². The van der Waals surface area contributed by atoms with Crippen LogP contribution >= 0.6 is 11.6 Å². The van der Waals surface area contributed by atoms with E-state index in [9.17, 15) is 19.7 Å². The smallest absolute Gasteiger partial charge is 0.313 e. The number of nitrogens with zero attached hydrogens (tertiary/aromatic N) is 2. The summed E-state index contributed by atoms with van der Waals surface area (Å²) in [6.45, 7) is 5.09.